The second-order valence-corrected chi connectivity index (χ2v) is 3.68. The molecule has 5 nitrogen and oxygen atoms in total. The van der Waals surface area contributed by atoms with Crippen molar-refractivity contribution in [2.24, 2.45) is 7.05 Å². The van der Waals surface area contributed by atoms with Crippen molar-refractivity contribution in [2.45, 2.75) is 6.92 Å². The lowest BCUT2D eigenvalue weighted by atomic mass is 10.2. The Morgan fingerprint density at radius 3 is 2.93 bits per heavy atom. The van der Waals surface area contributed by atoms with E-state index in [4.69, 9.17) is 0 Å². The van der Waals surface area contributed by atoms with Gasteiger partial charge in [-0.25, -0.2) is 4.98 Å². The molecule has 0 spiro atoms. The van der Waals surface area contributed by atoms with Gasteiger partial charge in [0.05, 0.1) is 21.9 Å². The van der Waals surface area contributed by atoms with Gasteiger partial charge in [0.25, 0.3) is 5.56 Å². The molecule has 0 saturated carbocycles. The van der Waals surface area contributed by atoms with Gasteiger partial charge in [0.2, 0.25) is 0 Å². The average Bonchev–Trinajstić information content (AvgIpc) is 2.70. The average molecular weight is 202 g/mol. The van der Waals surface area contributed by atoms with Gasteiger partial charge in [-0.1, -0.05) is 0 Å². The molecule has 76 valence electrons. The fraction of sp³-hybridized carbons (Fsp3) is 0.200. The highest BCUT2D eigenvalue weighted by molar-refractivity contribution is 5.93. The molecule has 3 aromatic rings. The smallest absolute Gasteiger partial charge is 0.271 e. The third kappa shape index (κ3) is 0.971. The molecule has 0 aliphatic rings. The first-order valence-corrected chi connectivity index (χ1v) is 4.70. The second kappa shape index (κ2) is 2.50. The molecule has 0 atom stereocenters. The third-order valence-electron chi connectivity index (χ3n) is 2.80. The van der Waals surface area contributed by atoms with Crippen molar-refractivity contribution in [3.63, 3.8) is 0 Å². The van der Waals surface area contributed by atoms with E-state index in [1.54, 1.807) is 0 Å². The second-order valence-electron chi connectivity index (χ2n) is 3.68. The Labute approximate surface area is 84.7 Å². The van der Waals surface area contributed by atoms with Gasteiger partial charge in [-0.05, 0) is 19.1 Å². The standard InChI is InChI=1S/C10H10N4O/c1-5-11-8-3-6-7(12-13-10(6)15)4-9(8)14(5)2/h3-4H,1-2H3,(H2,12,13,15). The van der Waals surface area contributed by atoms with E-state index >= 15 is 0 Å². The molecule has 0 bridgehead atoms. The summed E-state index contributed by atoms with van der Waals surface area (Å²) < 4.78 is 2.00. The van der Waals surface area contributed by atoms with Crippen molar-refractivity contribution >= 4 is 21.9 Å². The van der Waals surface area contributed by atoms with Gasteiger partial charge < -0.3 is 4.57 Å². The van der Waals surface area contributed by atoms with Crippen LogP contribution >= 0.6 is 0 Å². The van der Waals surface area contributed by atoms with Crippen LogP contribution in [0.4, 0.5) is 0 Å². The van der Waals surface area contributed by atoms with Crippen molar-refractivity contribution in [3.8, 4) is 0 Å². The Kier molecular flexibility index (Phi) is 1.38. The van der Waals surface area contributed by atoms with Gasteiger partial charge in [-0.3, -0.25) is 15.0 Å². The van der Waals surface area contributed by atoms with Crippen molar-refractivity contribution in [1.29, 1.82) is 0 Å². The molecule has 0 unspecified atom stereocenters. The Bertz CT molecular complexity index is 716. The van der Waals surface area contributed by atoms with Gasteiger partial charge in [0, 0.05) is 7.05 Å². The Morgan fingerprint density at radius 2 is 2.13 bits per heavy atom. The SMILES string of the molecule is Cc1nc2cc3c(=O)[nH][nH]c3cc2n1C. The number of aromatic amines is 2. The van der Waals surface area contributed by atoms with Crippen LogP contribution in [0.1, 0.15) is 5.82 Å². The number of nitrogens with zero attached hydrogens (tertiary/aromatic N) is 2. The number of aryl methyl sites for hydroxylation is 2. The highest BCUT2D eigenvalue weighted by atomic mass is 16.1. The Morgan fingerprint density at radius 1 is 1.33 bits per heavy atom. The molecule has 5 heteroatoms. The van der Waals surface area contributed by atoms with Gasteiger partial charge in [0.1, 0.15) is 5.82 Å². The molecule has 2 N–H and O–H groups in total. The van der Waals surface area contributed by atoms with Crippen molar-refractivity contribution in [1.82, 2.24) is 19.7 Å². The first kappa shape index (κ1) is 8.28. The van der Waals surface area contributed by atoms with Crippen molar-refractivity contribution in [3.05, 3.63) is 28.3 Å². The highest BCUT2D eigenvalue weighted by Crippen LogP contribution is 2.19. The van der Waals surface area contributed by atoms with E-state index in [9.17, 15) is 4.79 Å². The summed E-state index contributed by atoms with van der Waals surface area (Å²) in [6.07, 6.45) is 0. The van der Waals surface area contributed by atoms with E-state index < -0.39 is 0 Å². The molecule has 0 radical (unpaired) electrons. The van der Waals surface area contributed by atoms with E-state index in [-0.39, 0.29) is 5.56 Å². The fourth-order valence-electron chi connectivity index (χ4n) is 1.84. The lowest BCUT2D eigenvalue weighted by molar-refractivity contribution is 0.886. The summed E-state index contributed by atoms with van der Waals surface area (Å²) >= 11 is 0. The maximum atomic E-state index is 11.4. The van der Waals surface area contributed by atoms with E-state index in [0.717, 1.165) is 22.4 Å². The molecule has 2 heterocycles. The first-order chi connectivity index (χ1) is 7.16. The zero-order chi connectivity index (χ0) is 10.6. The van der Waals surface area contributed by atoms with Gasteiger partial charge in [0.15, 0.2) is 0 Å². The number of hydrogen-bond donors (Lipinski definition) is 2. The quantitative estimate of drug-likeness (QED) is 0.572. The molecule has 0 aliphatic carbocycles. The maximum absolute atomic E-state index is 11.4. The molecule has 2 aromatic heterocycles. The minimum atomic E-state index is -0.102. The van der Waals surface area contributed by atoms with Gasteiger partial charge >= 0.3 is 0 Å². The summed E-state index contributed by atoms with van der Waals surface area (Å²) in [4.78, 5) is 15.8. The summed E-state index contributed by atoms with van der Waals surface area (Å²) in [5.74, 6) is 0.939. The minimum absolute atomic E-state index is 0.102. The summed E-state index contributed by atoms with van der Waals surface area (Å²) in [6.45, 7) is 1.94. The molecule has 0 aliphatic heterocycles. The monoisotopic (exact) mass is 202 g/mol. The summed E-state index contributed by atoms with van der Waals surface area (Å²) in [5, 5.41) is 6.05. The van der Waals surface area contributed by atoms with Crippen LogP contribution in [0.15, 0.2) is 16.9 Å². The third-order valence-corrected chi connectivity index (χ3v) is 2.80. The zero-order valence-electron chi connectivity index (χ0n) is 8.46. The molecule has 0 saturated heterocycles. The number of hydrogen-bond acceptors (Lipinski definition) is 2. The van der Waals surface area contributed by atoms with Gasteiger partial charge in [-0.2, -0.15) is 0 Å². The van der Waals surface area contributed by atoms with E-state index in [1.165, 1.54) is 0 Å². The van der Waals surface area contributed by atoms with Crippen LogP contribution in [0, 0.1) is 6.92 Å². The maximum Gasteiger partial charge on any atom is 0.271 e. The van der Waals surface area contributed by atoms with Crippen LogP contribution in [0.2, 0.25) is 0 Å². The Hall–Kier alpha value is -2.04. The number of rotatable bonds is 0. The summed E-state index contributed by atoms with van der Waals surface area (Å²) in [5.41, 5.74) is 2.59. The van der Waals surface area contributed by atoms with Crippen molar-refractivity contribution in [2.75, 3.05) is 0 Å². The van der Waals surface area contributed by atoms with Gasteiger partial charge in [-0.15, -0.1) is 0 Å². The fourth-order valence-corrected chi connectivity index (χ4v) is 1.84. The van der Waals surface area contributed by atoms with Crippen LogP contribution in [0.3, 0.4) is 0 Å². The first-order valence-electron chi connectivity index (χ1n) is 4.70. The lowest BCUT2D eigenvalue weighted by Gasteiger charge is -1.95. The minimum Gasteiger partial charge on any atom is -0.331 e. The van der Waals surface area contributed by atoms with Crippen LogP contribution in [0.25, 0.3) is 21.9 Å². The molecular weight excluding hydrogens is 192 g/mol. The predicted molar refractivity (Wildman–Crippen MR) is 57.9 cm³/mol. The summed E-state index contributed by atoms with van der Waals surface area (Å²) in [7, 11) is 1.96. The normalized spacial score (nSPS) is 11.6. The molecular formula is C10H10N4O. The van der Waals surface area contributed by atoms with Crippen molar-refractivity contribution < 1.29 is 0 Å². The molecule has 15 heavy (non-hydrogen) atoms. The highest BCUT2D eigenvalue weighted by Gasteiger charge is 2.08. The Balaban J connectivity index is 2.59. The molecule has 0 amide bonds. The van der Waals surface area contributed by atoms with E-state index in [1.807, 2.05) is 30.7 Å². The number of aromatic nitrogens is 4. The van der Waals surface area contributed by atoms with Crippen LogP contribution in [0.5, 0.6) is 0 Å². The number of nitrogens with one attached hydrogen (secondary N) is 2. The summed E-state index contributed by atoms with van der Waals surface area (Å²) in [6, 6.07) is 3.75. The number of imidazole rings is 1. The molecule has 3 rings (SSSR count). The zero-order valence-corrected chi connectivity index (χ0v) is 8.46. The topological polar surface area (TPSA) is 66.5 Å². The van der Waals surface area contributed by atoms with E-state index in [0.29, 0.717) is 5.39 Å². The van der Waals surface area contributed by atoms with E-state index in [2.05, 4.69) is 15.2 Å². The van der Waals surface area contributed by atoms with Crippen LogP contribution in [-0.4, -0.2) is 19.7 Å². The van der Waals surface area contributed by atoms with Crippen LogP contribution in [-0.2, 0) is 7.05 Å². The lowest BCUT2D eigenvalue weighted by Crippen LogP contribution is -1.97. The molecule has 0 fully saturated rings. The number of benzene rings is 1. The molecule has 1 aromatic carbocycles. The predicted octanol–water partition coefficient (Wildman–Crippen LogP) is 1.05. The van der Waals surface area contributed by atoms with Crippen LogP contribution < -0.4 is 5.56 Å². The number of fused-ring (bicyclic) bond motifs is 2. The largest absolute Gasteiger partial charge is 0.331 e. The number of H-pyrrole nitrogens is 2.